The van der Waals surface area contributed by atoms with Crippen molar-refractivity contribution in [2.75, 3.05) is 20.1 Å². The molecule has 0 atom stereocenters. The lowest BCUT2D eigenvalue weighted by atomic mass is 10.0. The highest BCUT2D eigenvalue weighted by Gasteiger charge is 2.27. The number of hydrogen-bond acceptors (Lipinski definition) is 6. The zero-order valence-electron chi connectivity index (χ0n) is 29.6. The number of fused-ring (bicyclic) bond motifs is 1. The van der Waals surface area contributed by atoms with Crippen LogP contribution in [0.5, 0.6) is 0 Å². The predicted octanol–water partition coefficient (Wildman–Crippen LogP) is 6.15. The van der Waals surface area contributed by atoms with Crippen LogP contribution < -0.4 is 0 Å². The van der Waals surface area contributed by atoms with E-state index in [1.165, 1.54) is 11.1 Å². The first-order valence-electron chi connectivity index (χ1n) is 17.2. The number of piperidine rings is 1. The summed E-state index contributed by atoms with van der Waals surface area (Å²) in [4.78, 5) is 35.3. The van der Waals surface area contributed by atoms with Gasteiger partial charge in [0.25, 0.3) is 11.8 Å². The minimum absolute atomic E-state index is 0.0660. The topological polar surface area (TPSA) is 107 Å². The van der Waals surface area contributed by atoms with Gasteiger partial charge in [-0.25, -0.2) is 14.3 Å². The molecule has 0 radical (unpaired) electrons. The maximum atomic E-state index is 13.6. The Morgan fingerprint density at radius 1 is 0.880 bits per heavy atom. The van der Waals surface area contributed by atoms with E-state index < -0.39 is 0 Å². The minimum Gasteiger partial charge on any atom is -0.338 e. The van der Waals surface area contributed by atoms with Crippen LogP contribution in [-0.2, 0) is 13.1 Å². The number of carbonyl (C=O) groups is 2. The van der Waals surface area contributed by atoms with E-state index in [1.807, 2.05) is 52.8 Å². The van der Waals surface area contributed by atoms with Crippen molar-refractivity contribution in [3.05, 3.63) is 124 Å². The lowest BCUT2D eigenvalue weighted by Crippen LogP contribution is -2.39. The molecule has 0 spiro atoms. The van der Waals surface area contributed by atoms with Crippen molar-refractivity contribution in [1.82, 2.24) is 44.1 Å². The van der Waals surface area contributed by atoms with Crippen LogP contribution in [0, 0.1) is 34.6 Å². The standard InChI is InChI=1S/C39H43N9O2/c1-25-10-7-8-13-36(25)48-29(5)34(28(4)42-48)23-44(6)38(49)30-11-9-12-31(20-30)39(50)45-16-14-33(15-17-45)47-22-32(41-43-47)21-46-24-40-35-18-26(2)27(3)19-37(35)46/h7-13,18-20,22,24,33H,14-17,21,23H2,1-6H3. The molecule has 0 bridgehead atoms. The summed E-state index contributed by atoms with van der Waals surface area (Å²) in [6.07, 6.45) is 5.42. The molecule has 11 heteroatoms. The third-order valence-electron chi connectivity index (χ3n) is 10.1. The predicted molar refractivity (Wildman–Crippen MR) is 193 cm³/mol. The number of hydrogen-bond donors (Lipinski definition) is 0. The van der Waals surface area contributed by atoms with Crippen molar-refractivity contribution in [2.24, 2.45) is 0 Å². The van der Waals surface area contributed by atoms with Crippen LogP contribution in [-0.4, -0.2) is 76.1 Å². The summed E-state index contributed by atoms with van der Waals surface area (Å²) in [5.41, 5.74) is 11.5. The molecular weight excluding hydrogens is 626 g/mol. The number of aromatic nitrogens is 7. The third kappa shape index (κ3) is 6.31. The molecule has 3 aromatic heterocycles. The highest BCUT2D eigenvalue weighted by Crippen LogP contribution is 2.26. The van der Waals surface area contributed by atoms with E-state index in [-0.39, 0.29) is 17.9 Å². The van der Waals surface area contributed by atoms with Crippen molar-refractivity contribution in [2.45, 2.75) is 66.6 Å². The Morgan fingerprint density at radius 2 is 1.62 bits per heavy atom. The van der Waals surface area contributed by atoms with Crippen molar-refractivity contribution in [3.63, 3.8) is 0 Å². The molecule has 256 valence electrons. The average molecular weight is 670 g/mol. The summed E-state index contributed by atoms with van der Waals surface area (Å²) in [5.74, 6) is -0.208. The Hall–Kier alpha value is -5.58. The normalized spacial score (nSPS) is 13.7. The molecule has 7 rings (SSSR count). The number of para-hydroxylation sites is 1. The van der Waals surface area contributed by atoms with Gasteiger partial charge in [-0.1, -0.05) is 29.5 Å². The summed E-state index contributed by atoms with van der Waals surface area (Å²) in [6.45, 7) is 12.5. The summed E-state index contributed by atoms with van der Waals surface area (Å²) in [7, 11) is 1.79. The van der Waals surface area contributed by atoms with Crippen LogP contribution in [0.1, 0.15) is 78.9 Å². The molecule has 50 heavy (non-hydrogen) atoms. The van der Waals surface area contributed by atoms with E-state index in [0.29, 0.717) is 37.3 Å². The van der Waals surface area contributed by atoms with Crippen LogP contribution in [0.4, 0.5) is 0 Å². The maximum Gasteiger partial charge on any atom is 0.253 e. The second-order valence-corrected chi connectivity index (χ2v) is 13.6. The number of nitrogens with zero attached hydrogens (tertiary/aromatic N) is 9. The number of rotatable bonds is 8. The van der Waals surface area contributed by atoms with Gasteiger partial charge in [0.2, 0.25) is 0 Å². The molecule has 1 aliphatic rings. The van der Waals surface area contributed by atoms with Crippen LogP contribution in [0.15, 0.2) is 73.2 Å². The SMILES string of the molecule is Cc1cc2ncn(Cc3cn(C4CCN(C(=O)c5cccc(C(=O)N(C)Cc6c(C)nn(-c7ccccc7C)c6C)c5)CC4)nn3)c2cc1C. The van der Waals surface area contributed by atoms with Gasteiger partial charge in [0.05, 0.1) is 47.5 Å². The molecule has 0 unspecified atom stereocenters. The molecule has 0 N–H and O–H groups in total. The number of imidazole rings is 1. The first kappa shape index (κ1) is 32.9. The molecule has 2 amide bonds. The van der Waals surface area contributed by atoms with Gasteiger partial charge < -0.3 is 14.4 Å². The van der Waals surface area contributed by atoms with Crippen molar-refractivity contribution >= 4 is 22.8 Å². The molecule has 0 aliphatic carbocycles. The molecule has 1 fully saturated rings. The van der Waals surface area contributed by atoms with Gasteiger partial charge in [0.15, 0.2) is 0 Å². The Bertz CT molecular complexity index is 2220. The number of benzene rings is 3. The molecule has 1 saturated heterocycles. The smallest absolute Gasteiger partial charge is 0.253 e. The average Bonchev–Trinajstić information content (AvgIpc) is 3.82. The minimum atomic E-state index is -0.142. The number of amides is 2. The Labute approximate surface area is 292 Å². The number of aryl methyl sites for hydroxylation is 4. The number of carbonyl (C=O) groups excluding carboxylic acids is 2. The first-order chi connectivity index (χ1) is 24.1. The van der Waals surface area contributed by atoms with Crippen molar-refractivity contribution in [1.29, 1.82) is 0 Å². The molecular formula is C39H43N9O2. The highest BCUT2D eigenvalue weighted by atomic mass is 16.2. The van der Waals surface area contributed by atoms with Crippen LogP contribution >= 0.6 is 0 Å². The van der Waals surface area contributed by atoms with E-state index >= 15 is 0 Å². The fourth-order valence-corrected chi connectivity index (χ4v) is 6.95. The summed E-state index contributed by atoms with van der Waals surface area (Å²) < 4.78 is 6.00. The van der Waals surface area contributed by atoms with Crippen molar-refractivity contribution in [3.8, 4) is 5.69 Å². The molecule has 4 heterocycles. The largest absolute Gasteiger partial charge is 0.338 e. The van der Waals surface area contributed by atoms with Crippen LogP contribution in [0.2, 0.25) is 0 Å². The lowest BCUT2D eigenvalue weighted by molar-refractivity contribution is 0.0689. The summed E-state index contributed by atoms with van der Waals surface area (Å²) in [5, 5.41) is 13.7. The summed E-state index contributed by atoms with van der Waals surface area (Å²) in [6, 6.07) is 19.7. The van der Waals surface area contributed by atoms with Crippen LogP contribution in [0.25, 0.3) is 16.7 Å². The van der Waals surface area contributed by atoms with Crippen LogP contribution in [0.3, 0.4) is 0 Å². The molecule has 0 saturated carbocycles. The van der Waals surface area contributed by atoms with E-state index in [4.69, 9.17) is 5.10 Å². The number of likely N-dealkylation sites (tertiary alicyclic amines) is 1. The van der Waals surface area contributed by atoms with E-state index in [9.17, 15) is 9.59 Å². The van der Waals surface area contributed by atoms with Gasteiger partial charge in [-0.15, -0.1) is 5.10 Å². The summed E-state index contributed by atoms with van der Waals surface area (Å²) >= 11 is 0. The zero-order valence-corrected chi connectivity index (χ0v) is 29.6. The molecule has 3 aromatic carbocycles. The van der Waals surface area contributed by atoms with Gasteiger partial charge in [-0.05, 0) is 101 Å². The first-order valence-corrected chi connectivity index (χ1v) is 17.2. The quantitative estimate of drug-likeness (QED) is 0.192. The zero-order chi connectivity index (χ0) is 35.1. The van der Waals surface area contributed by atoms with Gasteiger partial charge in [0.1, 0.15) is 5.69 Å². The molecule has 11 nitrogen and oxygen atoms in total. The fraction of sp³-hybridized carbons (Fsp3) is 0.333. The highest BCUT2D eigenvalue weighted by molar-refractivity contribution is 5.99. The monoisotopic (exact) mass is 669 g/mol. The van der Waals surface area contributed by atoms with Gasteiger partial charge in [-0.3, -0.25) is 9.59 Å². The van der Waals surface area contributed by atoms with Gasteiger partial charge >= 0.3 is 0 Å². The van der Waals surface area contributed by atoms with E-state index in [1.54, 1.807) is 36.2 Å². The third-order valence-corrected chi connectivity index (χ3v) is 10.1. The second-order valence-electron chi connectivity index (χ2n) is 13.6. The van der Waals surface area contributed by atoms with Crippen molar-refractivity contribution < 1.29 is 9.59 Å². The fourth-order valence-electron chi connectivity index (χ4n) is 6.95. The molecule has 6 aromatic rings. The van der Waals surface area contributed by atoms with E-state index in [2.05, 4.69) is 64.9 Å². The lowest BCUT2D eigenvalue weighted by Gasteiger charge is -2.32. The Kier molecular flexibility index (Phi) is 8.81. The maximum absolute atomic E-state index is 13.6. The molecule has 1 aliphatic heterocycles. The Balaban J connectivity index is 0.970. The van der Waals surface area contributed by atoms with Gasteiger partial charge in [0, 0.05) is 49.1 Å². The van der Waals surface area contributed by atoms with Gasteiger partial charge in [-0.2, -0.15) is 5.10 Å². The second kappa shape index (κ2) is 13.4. The van der Waals surface area contributed by atoms with E-state index in [0.717, 1.165) is 57.8 Å². The Morgan fingerprint density at radius 3 is 2.40 bits per heavy atom.